The van der Waals surface area contributed by atoms with E-state index in [1.165, 1.54) is 0 Å². The van der Waals surface area contributed by atoms with Gasteiger partial charge in [-0.2, -0.15) is 0 Å². The van der Waals surface area contributed by atoms with Crippen molar-refractivity contribution < 1.29 is 17.9 Å². The SMILES string of the molecule is CCOC(=O)CC(C)NS(=O)(=O)CCCSc1nc2ccccc2s1. The smallest absolute Gasteiger partial charge is 0.307 e. The Morgan fingerprint density at radius 1 is 1.40 bits per heavy atom. The molecule has 0 aliphatic rings. The number of thioether (sulfide) groups is 1. The number of sulfonamides is 1. The van der Waals surface area contributed by atoms with Crippen LogP contribution in [0.15, 0.2) is 28.6 Å². The number of para-hydroxylation sites is 1. The highest BCUT2D eigenvalue weighted by atomic mass is 32.2. The lowest BCUT2D eigenvalue weighted by molar-refractivity contribution is -0.143. The second-order valence-electron chi connectivity index (χ2n) is 5.50. The van der Waals surface area contributed by atoms with Gasteiger partial charge < -0.3 is 4.74 Å². The number of carbonyl (C=O) groups excluding carboxylic acids is 1. The summed E-state index contributed by atoms with van der Waals surface area (Å²) < 4.78 is 33.5. The van der Waals surface area contributed by atoms with Crippen LogP contribution in [0.2, 0.25) is 0 Å². The van der Waals surface area contributed by atoms with Gasteiger partial charge in [-0.05, 0) is 32.4 Å². The number of nitrogens with one attached hydrogen (secondary N) is 1. The predicted octanol–water partition coefficient (Wildman–Crippen LogP) is 3.04. The minimum atomic E-state index is -3.41. The van der Waals surface area contributed by atoms with Crippen molar-refractivity contribution in [3.63, 3.8) is 0 Å². The average Bonchev–Trinajstić information content (AvgIpc) is 2.93. The third kappa shape index (κ3) is 6.93. The Morgan fingerprint density at radius 2 is 2.16 bits per heavy atom. The van der Waals surface area contributed by atoms with Gasteiger partial charge in [0.2, 0.25) is 10.0 Å². The fraction of sp³-hybridized carbons (Fsp3) is 0.500. The molecular formula is C16H22N2O4S3. The largest absolute Gasteiger partial charge is 0.466 e. The van der Waals surface area contributed by atoms with Gasteiger partial charge in [0.05, 0.1) is 29.0 Å². The predicted molar refractivity (Wildman–Crippen MR) is 103 cm³/mol. The molecule has 0 aliphatic heterocycles. The van der Waals surface area contributed by atoms with E-state index in [2.05, 4.69) is 9.71 Å². The van der Waals surface area contributed by atoms with Gasteiger partial charge in [-0.25, -0.2) is 18.1 Å². The molecule has 2 aromatic rings. The molecule has 25 heavy (non-hydrogen) atoms. The van der Waals surface area contributed by atoms with Crippen LogP contribution in [-0.4, -0.2) is 43.5 Å². The molecule has 0 saturated heterocycles. The van der Waals surface area contributed by atoms with Gasteiger partial charge in [-0.1, -0.05) is 23.9 Å². The fourth-order valence-electron chi connectivity index (χ4n) is 2.20. The molecular weight excluding hydrogens is 380 g/mol. The molecule has 6 nitrogen and oxygen atoms in total. The van der Waals surface area contributed by atoms with Crippen molar-refractivity contribution in [2.75, 3.05) is 18.1 Å². The normalized spacial score (nSPS) is 13.0. The zero-order chi connectivity index (χ0) is 18.3. The number of carbonyl (C=O) groups is 1. The minimum Gasteiger partial charge on any atom is -0.466 e. The van der Waals surface area contributed by atoms with Gasteiger partial charge in [0, 0.05) is 11.8 Å². The molecule has 0 aliphatic carbocycles. The number of nitrogens with zero attached hydrogens (tertiary/aromatic N) is 1. The summed E-state index contributed by atoms with van der Waals surface area (Å²) in [5, 5.41) is 0. The molecule has 9 heteroatoms. The maximum Gasteiger partial charge on any atom is 0.307 e. The van der Waals surface area contributed by atoms with E-state index in [0.29, 0.717) is 18.8 Å². The number of benzene rings is 1. The van der Waals surface area contributed by atoms with Crippen molar-refractivity contribution in [3.05, 3.63) is 24.3 Å². The molecule has 1 unspecified atom stereocenters. The number of hydrogen-bond acceptors (Lipinski definition) is 7. The van der Waals surface area contributed by atoms with Crippen molar-refractivity contribution in [2.45, 2.75) is 37.1 Å². The van der Waals surface area contributed by atoms with Crippen molar-refractivity contribution in [1.29, 1.82) is 0 Å². The highest BCUT2D eigenvalue weighted by Gasteiger charge is 2.17. The highest BCUT2D eigenvalue weighted by Crippen LogP contribution is 2.29. The molecule has 1 heterocycles. The van der Waals surface area contributed by atoms with Gasteiger partial charge >= 0.3 is 5.97 Å². The first-order valence-corrected chi connectivity index (χ1v) is 11.5. The molecule has 1 aromatic heterocycles. The second kappa shape index (κ2) is 9.51. The van der Waals surface area contributed by atoms with Crippen molar-refractivity contribution in [3.8, 4) is 0 Å². The first-order valence-electron chi connectivity index (χ1n) is 8.03. The van der Waals surface area contributed by atoms with Crippen LogP contribution in [0, 0.1) is 0 Å². The van der Waals surface area contributed by atoms with Crippen molar-refractivity contribution in [2.24, 2.45) is 0 Å². The monoisotopic (exact) mass is 402 g/mol. The average molecular weight is 403 g/mol. The Hall–Kier alpha value is -1.16. The van der Waals surface area contributed by atoms with E-state index in [1.807, 2.05) is 24.3 Å². The Balaban J connectivity index is 1.73. The number of aromatic nitrogens is 1. The number of thiazole rings is 1. The molecule has 0 saturated carbocycles. The second-order valence-corrected chi connectivity index (χ2v) is 9.74. The molecule has 0 fully saturated rings. The lowest BCUT2D eigenvalue weighted by atomic mass is 10.3. The Bertz CT molecular complexity index is 772. The van der Waals surface area contributed by atoms with Crippen LogP contribution in [0.1, 0.15) is 26.7 Å². The minimum absolute atomic E-state index is 0.0259. The van der Waals surface area contributed by atoms with E-state index in [0.717, 1.165) is 14.6 Å². The number of hydrogen-bond donors (Lipinski definition) is 1. The summed E-state index contributed by atoms with van der Waals surface area (Å²) >= 11 is 3.18. The quantitative estimate of drug-likeness (QED) is 0.373. The first-order chi connectivity index (χ1) is 11.9. The highest BCUT2D eigenvalue weighted by molar-refractivity contribution is 8.01. The van der Waals surface area contributed by atoms with E-state index in [-0.39, 0.29) is 12.2 Å². The van der Waals surface area contributed by atoms with Gasteiger partial charge in [0.25, 0.3) is 0 Å². The van der Waals surface area contributed by atoms with E-state index in [4.69, 9.17) is 4.74 Å². The summed E-state index contributed by atoms with van der Waals surface area (Å²) in [6.45, 7) is 3.67. The topological polar surface area (TPSA) is 85.4 Å². The van der Waals surface area contributed by atoms with Crippen LogP contribution in [0.4, 0.5) is 0 Å². The molecule has 0 spiro atoms. The molecule has 1 atom stereocenters. The molecule has 2 rings (SSSR count). The summed E-state index contributed by atoms with van der Waals surface area (Å²) in [5.74, 6) is 0.300. The molecule has 0 bridgehead atoms. The third-order valence-electron chi connectivity index (χ3n) is 3.22. The zero-order valence-corrected chi connectivity index (χ0v) is 16.7. The van der Waals surface area contributed by atoms with E-state index >= 15 is 0 Å². The lowest BCUT2D eigenvalue weighted by Gasteiger charge is -2.13. The maximum absolute atomic E-state index is 12.0. The number of rotatable bonds is 10. The first kappa shape index (κ1) is 20.2. The Kier molecular flexibility index (Phi) is 7.67. The van der Waals surface area contributed by atoms with Crippen LogP contribution in [0.5, 0.6) is 0 Å². The van der Waals surface area contributed by atoms with Gasteiger partial charge in [0.1, 0.15) is 0 Å². The molecule has 0 amide bonds. The molecule has 0 radical (unpaired) electrons. The maximum atomic E-state index is 12.0. The fourth-order valence-corrected chi connectivity index (χ4v) is 5.80. The van der Waals surface area contributed by atoms with Gasteiger partial charge in [-0.3, -0.25) is 4.79 Å². The van der Waals surface area contributed by atoms with Crippen LogP contribution in [0.25, 0.3) is 10.2 Å². The van der Waals surface area contributed by atoms with Crippen LogP contribution in [-0.2, 0) is 19.6 Å². The van der Waals surface area contributed by atoms with Crippen LogP contribution < -0.4 is 4.72 Å². The molecule has 138 valence electrons. The Labute approximate surface area is 156 Å². The number of fused-ring (bicyclic) bond motifs is 1. The lowest BCUT2D eigenvalue weighted by Crippen LogP contribution is -2.36. The van der Waals surface area contributed by atoms with Crippen molar-refractivity contribution >= 4 is 49.3 Å². The number of esters is 1. The van der Waals surface area contributed by atoms with E-state index in [9.17, 15) is 13.2 Å². The summed E-state index contributed by atoms with van der Waals surface area (Å²) in [5.41, 5.74) is 0.970. The number of ether oxygens (including phenoxy) is 1. The third-order valence-corrected chi connectivity index (χ3v) is 7.07. The summed E-state index contributed by atoms with van der Waals surface area (Å²) in [6, 6.07) is 7.45. The molecule has 1 aromatic carbocycles. The van der Waals surface area contributed by atoms with Gasteiger partial charge in [-0.15, -0.1) is 11.3 Å². The summed E-state index contributed by atoms with van der Waals surface area (Å²) in [6.07, 6.45) is 0.551. The standard InChI is InChI=1S/C16H22N2O4S3/c1-3-22-15(19)11-12(2)18-25(20,21)10-6-9-23-16-17-13-7-4-5-8-14(13)24-16/h4-5,7-8,12,18H,3,6,9-11H2,1-2H3. The van der Waals surface area contributed by atoms with E-state index < -0.39 is 22.0 Å². The summed E-state index contributed by atoms with van der Waals surface area (Å²) in [7, 11) is -3.41. The summed E-state index contributed by atoms with van der Waals surface area (Å²) in [4.78, 5) is 15.9. The van der Waals surface area contributed by atoms with E-state index in [1.54, 1.807) is 36.9 Å². The Morgan fingerprint density at radius 3 is 2.88 bits per heavy atom. The molecule has 1 N–H and O–H groups in total. The van der Waals surface area contributed by atoms with Crippen molar-refractivity contribution in [1.82, 2.24) is 9.71 Å². The zero-order valence-electron chi connectivity index (χ0n) is 14.2. The van der Waals surface area contributed by atoms with Crippen LogP contribution in [0.3, 0.4) is 0 Å². The van der Waals surface area contributed by atoms with Crippen LogP contribution >= 0.6 is 23.1 Å². The van der Waals surface area contributed by atoms with Gasteiger partial charge in [0.15, 0.2) is 4.34 Å².